The largest absolute Gasteiger partial charge is 0.392 e. The van der Waals surface area contributed by atoms with Crippen molar-refractivity contribution < 1.29 is 24.3 Å². The lowest BCUT2D eigenvalue weighted by Gasteiger charge is -2.56. The predicted molar refractivity (Wildman–Crippen MR) is 190 cm³/mol. The normalized spacial score (nSPS) is 30.6. The molecule has 2 amide bonds. The number of rotatable bonds is 9. The van der Waals surface area contributed by atoms with Gasteiger partial charge in [-0.05, 0) is 91.7 Å². The molecule has 11 nitrogen and oxygen atoms in total. The highest BCUT2D eigenvalue weighted by Gasteiger charge is 2.51. The first-order valence-corrected chi connectivity index (χ1v) is 18.2. The summed E-state index contributed by atoms with van der Waals surface area (Å²) in [7, 11) is 0. The lowest BCUT2D eigenvalue weighted by molar-refractivity contribution is -0.384. The van der Waals surface area contributed by atoms with Crippen LogP contribution in [-0.2, 0) is 16.1 Å². The van der Waals surface area contributed by atoms with Crippen molar-refractivity contribution in [1.82, 2.24) is 10.2 Å². The summed E-state index contributed by atoms with van der Waals surface area (Å²) >= 11 is 0. The van der Waals surface area contributed by atoms with E-state index in [9.17, 15) is 20.0 Å². The lowest BCUT2D eigenvalue weighted by atomic mass is 9.53. The van der Waals surface area contributed by atoms with Crippen molar-refractivity contribution in [3.63, 3.8) is 0 Å². The number of amides is 2. The fraction of sp³-hybridized carbons (Fsp3) is 0.513. The van der Waals surface area contributed by atoms with Gasteiger partial charge >= 0.3 is 6.03 Å². The fourth-order valence-corrected chi connectivity index (χ4v) is 9.69. The van der Waals surface area contributed by atoms with Crippen molar-refractivity contribution in [1.29, 1.82) is 0 Å². The van der Waals surface area contributed by atoms with E-state index in [-0.39, 0.29) is 41.0 Å². The molecular weight excluding hydrogens is 634 g/mol. The molecule has 264 valence electrons. The molecule has 3 atom stereocenters. The van der Waals surface area contributed by atoms with Gasteiger partial charge in [-0.25, -0.2) is 4.79 Å². The number of aliphatic hydroxyl groups excluding tert-OH is 1. The Morgan fingerprint density at radius 3 is 2.04 bits per heavy atom. The smallest absolute Gasteiger partial charge is 0.319 e. The number of piperazine rings is 1. The van der Waals surface area contributed by atoms with Crippen molar-refractivity contribution >= 4 is 23.1 Å². The van der Waals surface area contributed by atoms with Gasteiger partial charge in [0.15, 0.2) is 6.29 Å². The Bertz CT molecular complexity index is 1620. The number of anilines is 2. The third-order valence-electron chi connectivity index (χ3n) is 11.7. The SMILES string of the molecule is O=C(Nc1ccc([C@H]2O[C@@H](CN3CCN(c4ccc([N+](=O)[O-])cc4)CC3)C[C@@H](c3ccc(CO)cc3)O2)cc1)NC12CC3CC(CC(C3)C1)C2. The summed E-state index contributed by atoms with van der Waals surface area (Å²) < 4.78 is 13.2. The van der Waals surface area contributed by atoms with E-state index in [2.05, 4.69) is 20.4 Å². The van der Waals surface area contributed by atoms with Crippen LogP contribution in [0.1, 0.15) is 74.0 Å². The molecule has 4 bridgehead atoms. The van der Waals surface area contributed by atoms with Crippen LogP contribution in [-0.4, -0.2) is 65.3 Å². The third kappa shape index (κ3) is 7.23. The molecule has 3 N–H and O–H groups in total. The number of nitrogens with zero attached hydrogens (tertiary/aromatic N) is 3. The topological polar surface area (TPSA) is 129 Å². The Balaban J connectivity index is 0.910. The molecule has 4 saturated carbocycles. The van der Waals surface area contributed by atoms with Crippen molar-refractivity contribution in [3.05, 3.63) is 99.6 Å². The molecule has 50 heavy (non-hydrogen) atoms. The van der Waals surface area contributed by atoms with Gasteiger partial charge in [-0.2, -0.15) is 0 Å². The molecule has 2 heterocycles. The van der Waals surface area contributed by atoms with Crippen LogP contribution in [0, 0.1) is 27.9 Å². The minimum atomic E-state index is -0.576. The molecule has 6 fully saturated rings. The quantitative estimate of drug-likeness (QED) is 0.172. The number of hydrogen-bond donors (Lipinski definition) is 3. The highest BCUT2D eigenvalue weighted by molar-refractivity contribution is 5.89. The second kappa shape index (κ2) is 13.9. The fourth-order valence-electron chi connectivity index (χ4n) is 9.69. The zero-order chi connectivity index (χ0) is 34.2. The van der Waals surface area contributed by atoms with Crippen LogP contribution < -0.4 is 15.5 Å². The maximum absolute atomic E-state index is 13.2. The summed E-state index contributed by atoms with van der Waals surface area (Å²) in [5.74, 6) is 2.30. The van der Waals surface area contributed by atoms with E-state index >= 15 is 0 Å². The average Bonchev–Trinajstić information content (AvgIpc) is 3.11. The minimum Gasteiger partial charge on any atom is -0.392 e. The number of benzene rings is 3. The van der Waals surface area contributed by atoms with Crippen molar-refractivity contribution in [2.45, 2.75) is 75.6 Å². The van der Waals surface area contributed by atoms with Gasteiger partial charge in [0, 0.05) is 73.8 Å². The number of carbonyl (C=O) groups is 1. The molecule has 6 aliphatic rings. The van der Waals surface area contributed by atoms with Crippen molar-refractivity contribution in [2.24, 2.45) is 17.8 Å². The van der Waals surface area contributed by atoms with Crippen LogP contribution in [0.5, 0.6) is 0 Å². The van der Waals surface area contributed by atoms with Gasteiger partial charge in [-0.15, -0.1) is 0 Å². The number of ether oxygens (including phenoxy) is 2. The summed E-state index contributed by atoms with van der Waals surface area (Å²) in [6.07, 6.45) is 7.22. The van der Waals surface area contributed by atoms with Crippen LogP contribution in [0.25, 0.3) is 0 Å². The van der Waals surface area contributed by atoms with E-state index < -0.39 is 6.29 Å². The molecule has 9 rings (SSSR count). The van der Waals surface area contributed by atoms with Gasteiger partial charge in [0.2, 0.25) is 0 Å². The zero-order valence-corrected chi connectivity index (χ0v) is 28.4. The van der Waals surface area contributed by atoms with E-state index in [0.29, 0.717) is 6.42 Å². The van der Waals surface area contributed by atoms with Crippen LogP contribution in [0.15, 0.2) is 72.8 Å². The highest BCUT2D eigenvalue weighted by atomic mass is 16.7. The van der Waals surface area contributed by atoms with Crippen molar-refractivity contribution in [3.8, 4) is 0 Å². The molecular formula is C39H47N5O6. The molecule has 3 aromatic carbocycles. The van der Waals surface area contributed by atoms with Gasteiger partial charge in [0.1, 0.15) is 0 Å². The van der Waals surface area contributed by atoms with Gasteiger partial charge in [0.05, 0.1) is 23.7 Å². The van der Waals surface area contributed by atoms with E-state index in [1.54, 1.807) is 12.1 Å². The standard InChI is InChI=1S/C39H47N5O6/c45-25-26-1-3-30(4-2-26)36-20-35(24-42-13-15-43(16-14-42)33-9-11-34(12-10-33)44(47)48)49-37(50-36)31-5-7-32(8-6-31)40-38(46)41-39-21-27-17-28(22-39)19-29(18-27)23-39/h1-12,27-29,35-37,45H,13-25H2,(H2,40,41,46)/t27?,28?,29?,35-,36+,37+,39?/m1/s1. The molecule has 0 radical (unpaired) electrons. The molecule has 0 unspecified atom stereocenters. The number of nitro groups is 1. The summed E-state index contributed by atoms with van der Waals surface area (Å²) in [6.45, 7) is 4.09. The monoisotopic (exact) mass is 681 g/mol. The van der Waals surface area contributed by atoms with E-state index in [1.165, 1.54) is 19.3 Å². The summed E-state index contributed by atoms with van der Waals surface area (Å²) in [4.78, 5) is 28.6. The zero-order valence-electron chi connectivity index (χ0n) is 28.4. The number of carbonyl (C=O) groups excluding carboxylic acids is 1. The summed E-state index contributed by atoms with van der Waals surface area (Å²) in [5, 5.41) is 27.1. The number of nitro benzene ring substituents is 1. The Morgan fingerprint density at radius 1 is 0.820 bits per heavy atom. The first-order chi connectivity index (χ1) is 24.3. The number of hydrogen-bond acceptors (Lipinski definition) is 8. The maximum Gasteiger partial charge on any atom is 0.319 e. The Kier molecular flexibility index (Phi) is 9.24. The predicted octanol–water partition coefficient (Wildman–Crippen LogP) is 6.55. The Labute approximate surface area is 293 Å². The molecule has 0 spiro atoms. The van der Waals surface area contributed by atoms with E-state index in [1.807, 2.05) is 60.7 Å². The van der Waals surface area contributed by atoms with Crippen molar-refractivity contribution in [2.75, 3.05) is 42.9 Å². The number of aliphatic hydroxyl groups is 1. The Hall–Kier alpha value is -4.03. The average molecular weight is 682 g/mol. The minimum absolute atomic E-state index is 0.00698. The second-order valence-corrected chi connectivity index (χ2v) is 15.3. The number of nitrogens with one attached hydrogen (secondary N) is 2. The first kappa shape index (κ1) is 33.1. The van der Waals surface area contributed by atoms with Crippen LogP contribution >= 0.6 is 0 Å². The lowest BCUT2D eigenvalue weighted by Crippen LogP contribution is -2.60. The molecule has 2 saturated heterocycles. The van der Waals surface area contributed by atoms with Gasteiger partial charge in [0.25, 0.3) is 5.69 Å². The summed E-state index contributed by atoms with van der Waals surface area (Å²) in [6, 6.07) is 22.4. The molecule has 11 heteroatoms. The molecule has 3 aromatic rings. The third-order valence-corrected chi connectivity index (χ3v) is 11.7. The molecule has 4 aliphatic carbocycles. The van der Waals surface area contributed by atoms with Gasteiger partial charge in [-0.1, -0.05) is 36.4 Å². The van der Waals surface area contributed by atoms with Crippen LogP contribution in [0.3, 0.4) is 0 Å². The van der Waals surface area contributed by atoms with Crippen LogP contribution in [0.4, 0.5) is 21.9 Å². The van der Waals surface area contributed by atoms with Crippen LogP contribution in [0.2, 0.25) is 0 Å². The Morgan fingerprint density at radius 2 is 1.44 bits per heavy atom. The highest BCUT2D eigenvalue weighted by Crippen LogP contribution is 2.55. The molecule has 2 aliphatic heterocycles. The second-order valence-electron chi connectivity index (χ2n) is 15.3. The van der Waals surface area contributed by atoms with Gasteiger partial charge in [-0.3, -0.25) is 15.0 Å². The molecule has 0 aromatic heterocycles. The first-order valence-electron chi connectivity index (χ1n) is 18.2. The summed E-state index contributed by atoms with van der Waals surface area (Å²) in [5.41, 5.74) is 4.58. The van der Waals surface area contributed by atoms with E-state index in [4.69, 9.17) is 9.47 Å². The maximum atomic E-state index is 13.2. The van der Waals surface area contributed by atoms with E-state index in [0.717, 1.165) is 97.8 Å². The number of non-ortho nitro benzene ring substituents is 1. The van der Waals surface area contributed by atoms with Gasteiger partial charge < -0.3 is 30.1 Å². The number of urea groups is 1.